The van der Waals surface area contributed by atoms with Gasteiger partial charge in [0.25, 0.3) is 0 Å². The number of aromatic hydroxyl groups is 1. The summed E-state index contributed by atoms with van der Waals surface area (Å²) in [4.78, 5) is 10.9. The Hall–Kier alpha value is -2.81. The van der Waals surface area contributed by atoms with Crippen molar-refractivity contribution < 1.29 is 9.90 Å². The minimum Gasteiger partial charge on any atom is -0.508 e. The maximum atomic E-state index is 10.9. The van der Waals surface area contributed by atoms with Crippen molar-refractivity contribution in [3.63, 3.8) is 0 Å². The van der Waals surface area contributed by atoms with E-state index in [1.165, 1.54) is 42.0 Å². The second-order valence-corrected chi connectivity index (χ2v) is 6.44. The molecule has 0 heterocycles. The summed E-state index contributed by atoms with van der Waals surface area (Å²) < 4.78 is 0. The molecule has 0 aliphatic heterocycles. The van der Waals surface area contributed by atoms with E-state index in [1.54, 1.807) is 18.2 Å². The lowest BCUT2D eigenvalue weighted by Gasteiger charge is -2.20. The predicted octanol–water partition coefficient (Wildman–Crippen LogP) is 4.66. The topological polar surface area (TPSA) is 63.3 Å². The molecule has 128 valence electrons. The van der Waals surface area contributed by atoms with Crippen LogP contribution in [-0.4, -0.2) is 11.0 Å². The summed E-state index contributed by atoms with van der Waals surface area (Å²) in [5.74, 6) is -0.165. The molecule has 3 rings (SSSR count). The van der Waals surface area contributed by atoms with E-state index in [-0.39, 0.29) is 5.75 Å². The number of nitrogens with two attached hydrogens (primary N) is 1. The zero-order chi connectivity index (χ0) is 17.6. The van der Waals surface area contributed by atoms with Gasteiger partial charge in [-0.2, -0.15) is 0 Å². The standard InChI is InChI=1S/C22H23NO2/c23-21(25)15-8-16-6-9-18(10-7-16)22(17-4-2-1-3-5-17)19-11-13-20(24)14-12-19/h6-15,24H,1-5H2,(H2,23,25). The van der Waals surface area contributed by atoms with Crippen LogP contribution in [-0.2, 0) is 4.79 Å². The van der Waals surface area contributed by atoms with Crippen molar-refractivity contribution in [2.24, 2.45) is 5.73 Å². The third kappa shape index (κ3) is 4.38. The van der Waals surface area contributed by atoms with Crippen LogP contribution in [0.3, 0.4) is 0 Å². The first-order chi connectivity index (χ1) is 12.1. The third-order valence-electron chi connectivity index (χ3n) is 4.61. The molecule has 0 saturated heterocycles. The van der Waals surface area contributed by atoms with Gasteiger partial charge in [-0.3, -0.25) is 4.79 Å². The molecule has 0 aromatic heterocycles. The number of rotatable bonds is 4. The molecule has 3 N–H and O–H groups in total. The number of phenols is 1. The second kappa shape index (κ2) is 7.84. The Morgan fingerprint density at radius 3 is 2.00 bits per heavy atom. The highest BCUT2D eigenvalue weighted by atomic mass is 16.3. The van der Waals surface area contributed by atoms with Gasteiger partial charge in [-0.25, -0.2) is 0 Å². The number of primary amides is 1. The lowest BCUT2D eigenvalue weighted by molar-refractivity contribution is -0.113. The van der Waals surface area contributed by atoms with Crippen molar-refractivity contribution in [2.75, 3.05) is 0 Å². The zero-order valence-electron chi connectivity index (χ0n) is 14.2. The molecule has 0 bridgehead atoms. The van der Waals surface area contributed by atoms with Crippen LogP contribution < -0.4 is 5.73 Å². The lowest BCUT2D eigenvalue weighted by atomic mass is 9.85. The van der Waals surface area contributed by atoms with Crippen LogP contribution in [0.4, 0.5) is 0 Å². The van der Waals surface area contributed by atoms with E-state index in [0.29, 0.717) is 0 Å². The molecule has 25 heavy (non-hydrogen) atoms. The molecule has 1 aliphatic rings. The highest BCUT2D eigenvalue weighted by Crippen LogP contribution is 2.35. The van der Waals surface area contributed by atoms with Gasteiger partial charge in [-0.15, -0.1) is 0 Å². The highest BCUT2D eigenvalue weighted by Gasteiger charge is 2.15. The van der Waals surface area contributed by atoms with Gasteiger partial charge in [0.05, 0.1) is 0 Å². The Kier molecular flexibility index (Phi) is 5.34. The molecule has 1 fully saturated rings. The van der Waals surface area contributed by atoms with Crippen molar-refractivity contribution >= 4 is 17.6 Å². The van der Waals surface area contributed by atoms with E-state index in [9.17, 15) is 9.90 Å². The van der Waals surface area contributed by atoms with Gasteiger partial charge in [-0.1, -0.05) is 48.4 Å². The largest absolute Gasteiger partial charge is 0.508 e. The normalized spacial score (nSPS) is 14.6. The first-order valence-electron chi connectivity index (χ1n) is 8.73. The summed E-state index contributed by atoms with van der Waals surface area (Å²) >= 11 is 0. The molecule has 3 nitrogen and oxygen atoms in total. The number of hydrogen-bond donors (Lipinski definition) is 2. The Morgan fingerprint density at radius 1 is 0.880 bits per heavy atom. The van der Waals surface area contributed by atoms with Gasteiger partial charge in [0, 0.05) is 6.08 Å². The van der Waals surface area contributed by atoms with Crippen LogP contribution >= 0.6 is 0 Å². The van der Waals surface area contributed by atoms with Gasteiger partial charge in [0.2, 0.25) is 5.91 Å². The first kappa shape index (κ1) is 17.0. The molecule has 0 spiro atoms. The lowest BCUT2D eigenvalue weighted by Crippen LogP contribution is -2.05. The molecular weight excluding hydrogens is 310 g/mol. The maximum Gasteiger partial charge on any atom is 0.241 e. The van der Waals surface area contributed by atoms with E-state index in [4.69, 9.17) is 5.73 Å². The van der Waals surface area contributed by atoms with Crippen LogP contribution in [0.25, 0.3) is 11.6 Å². The summed E-state index contributed by atoms with van der Waals surface area (Å²) in [6, 6.07) is 15.6. The molecule has 0 atom stereocenters. The summed E-state index contributed by atoms with van der Waals surface area (Å²) in [5, 5.41) is 9.60. The fourth-order valence-electron chi connectivity index (χ4n) is 3.37. The molecule has 2 aromatic rings. The second-order valence-electron chi connectivity index (χ2n) is 6.44. The monoisotopic (exact) mass is 333 g/mol. The number of amides is 1. The van der Waals surface area contributed by atoms with Crippen LogP contribution in [0.2, 0.25) is 0 Å². The molecular formula is C22H23NO2. The van der Waals surface area contributed by atoms with E-state index in [2.05, 4.69) is 12.1 Å². The summed E-state index contributed by atoms with van der Waals surface area (Å²) in [5.41, 5.74) is 11.1. The van der Waals surface area contributed by atoms with Gasteiger partial charge >= 0.3 is 0 Å². The van der Waals surface area contributed by atoms with E-state index in [1.807, 2.05) is 24.3 Å². The van der Waals surface area contributed by atoms with Gasteiger partial charge in [0.15, 0.2) is 0 Å². The first-order valence-corrected chi connectivity index (χ1v) is 8.73. The summed E-state index contributed by atoms with van der Waals surface area (Å²) in [7, 11) is 0. The number of carbonyl (C=O) groups excluding carboxylic acids is 1. The Balaban J connectivity index is 2.00. The molecule has 0 radical (unpaired) electrons. The van der Waals surface area contributed by atoms with Crippen LogP contribution in [0.15, 0.2) is 60.2 Å². The van der Waals surface area contributed by atoms with Crippen LogP contribution in [0.1, 0.15) is 48.8 Å². The van der Waals surface area contributed by atoms with Crippen LogP contribution in [0, 0.1) is 0 Å². The third-order valence-corrected chi connectivity index (χ3v) is 4.61. The van der Waals surface area contributed by atoms with Crippen molar-refractivity contribution in [1.29, 1.82) is 0 Å². The van der Waals surface area contributed by atoms with Crippen LogP contribution in [0.5, 0.6) is 5.75 Å². The Morgan fingerprint density at radius 2 is 1.44 bits per heavy atom. The Bertz CT molecular complexity index is 791. The zero-order valence-corrected chi connectivity index (χ0v) is 14.2. The van der Waals surface area contributed by atoms with Crippen molar-refractivity contribution in [3.05, 3.63) is 76.9 Å². The van der Waals surface area contributed by atoms with Gasteiger partial charge < -0.3 is 10.8 Å². The van der Waals surface area contributed by atoms with Crippen molar-refractivity contribution in [2.45, 2.75) is 32.1 Å². The molecule has 2 aromatic carbocycles. The average Bonchev–Trinajstić information content (AvgIpc) is 2.64. The van der Waals surface area contributed by atoms with E-state index in [0.717, 1.165) is 24.0 Å². The minimum absolute atomic E-state index is 0.281. The maximum absolute atomic E-state index is 10.9. The highest BCUT2D eigenvalue weighted by molar-refractivity contribution is 5.90. The quantitative estimate of drug-likeness (QED) is 0.800. The number of hydrogen-bond acceptors (Lipinski definition) is 2. The number of phenolic OH excluding ortho intramolecular Hbond substituents is 1. The van der Waals surface area contributed by atoms with Gasteiger partial charge in [0.1, 0.15) is 5.75 Å². The SMILES string of the molecule is NC(=O)C=Cc1ccc(C(=C2CCCCC2)c2ccc(O)cc2)cc1. The van der Waals surface area contributed by atoms with Gasteiger partial charge in [-0.05, 0) is 66.2 Å². The summed E-state index contributed by atoms with van der Waals surface area (Å²) in [6.07, 6.45) is 9.10. The molecule has 3 heteroatoms. The fraction of sp³-hybridized carbons (Fsp3) is 0.227. The Labute approximate surface area is 148 Å². The van der Waals surface area contributed by atoms with Crippen molar-refractivity contribution in [1.82, 2.24) is 0 Å². The molecule has 0 unspecified atom stereocenters. The van der Waals surface area contributed by atoms with E-state index < -0.39 is 5.91 Å². The summed E-state index contributed by atoms with van der Waals surface area (Å²) in [6.45, 7) is 0. The van der Waals surface area contributed by atoms with E-state index >= 15 is 0 Å². The number of allylic oxidation sites excluding steroid dienone is 1. The predicted molar refractivity (Wildman–Crippen MR) is 102 cm³/mol. The smallest absolute Gasteiger partial charge is 0.241 e. The average molecular weight is 333 g/mol. The fourth-order valence-corrected chi connectivity index (χ4v) is 3.37. The number of carbonyl (C=O) groups is 1. The van der Waals surface area contributed by atoms with Crippen molar-refractivity contribution in [3.8, 4) is 5.75 Å². The number of benzene rings is 2. The minimum atomic E-state index is -0.446. The molecule has 1 saturated carbocycles. The molecule has 1 aliphatic carbocycles. The molecule has 1 amide bonds.